The largest absolute Gasteiger partial charge is 0.384 e. The first-order chi connectivity index (χ1) is 8.29. The van der Waals surface area contributed by atoms with Gasteiger partial charge >= 0.3 is 0 Å². The summed E-state index contributed by atoms with van der Waals surface area (Å²) in [5.74, 6) is 0. The van der Waals surface area contributed by atoms with E-state index in [4.69, 9.17) is 5.26 Å². The summed E-state index contributed by atoms with van der Waals surface area (Å²) in [5.41, 5.74) is 1.74. The van der Waals surface area contributed by atoms with E-state index in [0.29, 0.717) is 5.56 Å². The van der Waals surface area contributed by atoms with Crippen molar-refractivity contribution in [3.8, 4) is 6.07 Å². The molecule has 0 radical (unpaired) electrons. The monoisotopic (exact) mass is 293 g/mol. The van der Waals surface area contributed by atoms with Gasteiger partial charge in [0, 0.05) is 23.2 Å². The van der Waals surface area contributed by atoms with Crippen LogP contribution in [0.4, 0.5) is 5.69 Å². The number of nitrogens with zero attached hydrogens (tertiary/aromatic N) is 2. The van der Waals surface area contributed by atoms with Crippen molar-refractivity contribution in [3.63, 3.8) is 0 Å². The van der Waals surface area contributed by atoms with Gasteiger partial charge in [-0.3, -0.25) is 0 Å². The van der Waals surface area contributed by atoms with E-state index in [2.05, 4.69) is 32.2 Å². The molecule has 1 aliphatic rings. The van der Waals surface area contributed by atoms with Gasteiger partial charge in [-0.05, 0) is 60.1 Å². The molecule has 0 amide bonds. The number of nitrogens with one attached hydrogen (secondary N) is 1. The summed E-state index contributed by atoms with van der Waals surface area (Å²) in [5, 5.41) is 12.2. The maximum atomic E-state index is 8.82. The predicted molar refractivity (Wildman–Crippen MR) is 73.0 cm³/mol. The third-order valence-corrected chi connectivity index (χ3v) is 3.70. The molecule has 3 nitrogen and oxygen atoms in total. The van der Waals surface area contributed by atoms with E-state index in [1.54, 1.807) is 0 Å². The Bertz CT molecular complexity index is 419. The highest BCUT2D eigenvalue weighted by atomic mass is 79.9. The molecule has 4 heteroatoms. The van der Waals surface area contributed by atoms with Gasteiger partial charge in [-0.1, -0.05) is 0 Å². The minimum Gasteiger partial charge on any atom is -0.384 e. The van der Waals surface area contributed by atoms with Gasteiger partial charge in [0.1, 0.15) is 6.07 Å². The van der Waals surface area contributed by atoms with E-state index in [9.17, 15) is 0 Å². The topological polar surface area (TPSA) is 39.1 Å². The summed E-state index contributed by atoms with van der Waals surface area (Å²) >= 11 is 3.39. The highest BCUT2D eigenvalue weighted by Crippen LogP contribution is 2.20. The lowest BCUT2D eigenvalue weighted by atomic mass is 10.2. The lowest BCUT2D eigenvalue weighted by Crippen LogP contribution is -2.25. The number of hydrogen-bond donors (Lipinski definition) is 1. The first-order valence-electron chi connectivity index (χ1n) is 5.95. The van der Waals surface area contributed by atoms with Gasteiger partial charge in [0.15, 0.2) is 0 Å². The fourth-order valence-corrected chi connectivity index (χ4v) is 2.55. The summed E-state index contributed by atoms with van der Waals surface area (Å²) in [6.07, 6.45) is 2.67. The van der Waals surface area contributed by atoms with E-state index in [1.165, 1.54) is 25.9 Å². The second-order valence-electron chi connectivity index (χ2n) is 4.28. The number of rotatable bonds is 4. The van der Waals surface area contributed by atoms with Crippen molar-refractivity contribution in [2.45, 2.75) is 12.8 Å². The zero-order valence-corrected chi connectivity index (χ0v) is 11.3. The molecule has 0 saturated carbocycles. The van der Waals surface area contributed by atoms with Crippen LogP contribution in [0.25, 0.3) is 0 Å². The molecule has 1 aromatic rings. The Morgan fingerprint density at radius 1 is 1.35 bits per heavy atom. The van der Waals surface area contributed by atoms with Crippen LogP contribution in [0.5, 0.6) is 0 Å². The van der Waals surface area contributed by atoms with Crippen molar-refractivity contribution in [3.05, 3.63) is 28.2 Å². The van der Waals surface area contributed by atoms with Crippen LogP contribution in [0, 0.1) is 11.3 Å². The summed E-state index contributed by atoms with van der Waals surface area (Å²) < 4.78 is 0.853. The van der Waals surface area contributed by atoms with E-state index in [-0.39, 0.29) is 0 Å². The highest BCUT2D eigenvalue weighted by Gasteiger charge is 2.10. The van der Waals surface area contributed by atoms with Crippen LogP contribution in [0.2, 0.25) is 0 Å². The zero-order valence-electron chi connectivity index (χ0n) is 9.75. The molecule has 0 unspecified atom stereocenters. The smallest absolute Gasteiger partial charge is 0.100 e. The lowest BCUT2D eigenvalue weighted by molar-refractivity contribution is 0.352. The van der Waals surface area contributed by atoms with Gasteiger partial charge < -0.3 is 10.2 Å². The highest BCUT2D eigenvalue weighted by molar-refractivity contribution is 9.10. The number of hydrogen-bond acceptors (Lipinski definition) is 3. The summed E-state index contributed by atoms with van der Waals surface area (Å²) in [6.45, 7) is 4.52. The average molecular weight is 294 g/mol. The summed E-state index contributed by atoms with van der Waals surface area (Å²) in [6, 6.07) is 7.89. The molecule has 0 spiro atoms. The van der Waals surface area contributed by atoms with Crippen molar-refractivity contribution in [1.82, 2.24) is 4.90 Å². The number of anilines is 1. The second kappa shape index (κ2) is 6.04. The number of benzene rings is 1. The number of nitriles is 1. The molecular weight excluding hydrogens is 278 g/mol. The molecule has 2 rings (SSSR count). The molecular formula is C13H16BrN3. The molecule has 17 heavy (non-hydrogen) atoms. The van der Waals surface area contributed by atoms with Crippen molar-refractivity contribution in [2.24, 2.45) is 0 Å². The Labute approximate surface area is 111 Å². The van der Waals surface area contributed by atoms with Crippen LogP contribution in [-0.2, 0) is 0 Å². The maximum Gasteiger partial charge on any atom is 0.100 e. The van der Waals surface area contributed by atoms with Crippen molar-refractivity contribution >= 4 is 21.6 Å². The minimum atomic E-state index is 0.676. The van der Waals surface area contributed by atoms with Crippen LogP contribution in [0.1, 0.15) is 18.4 Å². The van der Waals surface area contributed by atoms with Crippen LogP contribution >= 0.6 is 15.9 Å². The van der Waals surface area contributed by atoms with E-state index < -0.39 is 0 Å². The SMILES string of the molecule is N#Cc1ccc(NCCN2CCCC2)cc1Br. The summed E-state index contributed by atoms with van der Waals surface area (Å²) in [7, 11) is 0. The van der Waals surface area contributed by atoms with Gasteiger partial charge in [-0.15, -0.1) is 0 Å². The van der Waals surface area contributed by atoms with Crippen LogP contribution < -0.4 is 5.32 Å². The van der Waals surface area contributed by atoms with Gasteiger partial charge in [0.25, 0.3) is 0 Å². The molecule has 1 fully saturated rings. The third kappa shape index (κ3) is 3.45. The van der Waals surface area contributed by atoms with Crippen LogP contribution in [0.3, 0.4) is 0 Å². The normalized spacial score (nSPS) is 15.8. The second-order valence-corrected chi connectivity index (χ2v) is 5.14. The Hall–Kier alpha value is -1.05. The molecule has 1 aromatic carbocycles. The Morgan fingerprint density at radius 3 is 2.76 bits per heavy atom. The lowest BCUT2D eigenvalue weighted by Gasteiger charge is -2.15. The Kier molecular flexibility index (Phi) is 4.41. The van der Waals surface area contributed by atoms with Crippen molar-refractivity contribution in [1.29, 1.82) is 5.26 Å². The van der Waals surface area contributed by atoms with Gasteiger partial charge in [0.2, 0.25) is 0 Å². The van der Waals surface area contributed by atoms with Gasteiger partial charge in [-0.2, -0.15) is 5.26 Å². The first kappa shape index (κ1) is 12.4. The molecule has 90 valence electrons. The van der Waals surface area contributed by atoms with Crippen LogP contribution in [-0.4, -0.2) is 31.1 Å². The molecule has 0 aromatic heterocycles. The summed E-state index contributed by atoms with van der Waals surface area (Å²) in [4.78, 5) is 2.48. The molecule has 1 heterocycles. The number of likely N-dealkylation sites (tertiary alicyclic amines) is 1. The molecule has 0 aliphatic carbocycles. The Balaban J connectivity index is 1.82. The van der Waals surface area contributed by atoms with Crippen molar-refractivity contribution in [2.75, 3.05) is 31.5 Å². The maximum absolute atomic E-state index is 8.82. The fourth-order valence-electron chi connectivity index (χ4n) is 2.08. The third-order valence-electron chi connectivity index (χ3n) is 3.05. The van der Waals surface area contributed by atoms with E-state index in [0.717, 1.165) is 23.2 Å². The fraction of sp³-hybridized carbons (Fsp3) is 0.462. The standard InChI is InChI=1S/C13H16BrN3/c14-13-9-12(4-3-11(13)10-15)16-5-8-17-6-1-2-7-17/h3-4,9,16H,1-2,5-8H2. The molecule has 0 bridgehead atoms. The number of halogens is 1. The molecule has 1 N–H and O–H groups in total. The zero-order chi connectivity index (χ0) is 12.1. The minimum absolute atomic E-state index is 0.676. The first-order valence-corrected chi connectivity index (χ1v) is 6.75. The molecule has 1 aliphatic heterocycles. The Morgan fingerprint density at radius 2 is 2.12 bits per heavy atom. The van der Waals surface area contributed by atoms with Gasteiger partial charge in [-0.25, -0.2) is 0 Å². The van der Waals surface area contributed by atoms with Gasteiger partial charge in [0.05, 0.1) is 5.56 Å². The average Bonchev–Trinajstić information content (AvgIpc) is 2.82. The van der Waals surface area contributed by atoms with E-state index in [1.807, 2.05) is 18.2 Å². The van der Waals surface area contributed by atoms with Crippen molar-refractivity contribution < 1.29 is 0 Å². The van der Waals surface area contributed by atoms with Crippen LogP contribution in [0.15, 0.2) is 22.7 Å². The quantitative estimate of drug-likeness (QED) is 0.928. The van der Waals surface area contributed by atoms with E-state index >= 15 is 0 Å². The molecule has 1 saturated heterocycles. The predicted octanol–water partition coefficient (Wildman–Crippen LogP) is 2.83. The molecule has 0 atom stereocenters.